The predicted molar refractivity (Wildman–Crippen MR) is 54.0 cm³/mol. The van der Waals surface area contributed by atoms with Gasteiger partial charge in [0.1, 0.15) is 0 Å². The van der Waals surface area contributed by atoms with E-state index in [2.05, 4.69) is 0 Å². The molecule has 1 fully saturated rings. The standard InChI is InChI=1S/C11H19F3O2/c1-7(11(12,13)14)16-9-6-10(2,3)5-4-8(9)15/h7-9,15H,4-6H2,1-3H3. The zero-order chi connectivity index (χ0) is 12.6. The van der Waals surface area contributed by atoms with Crippen molar-refractivity contribution >= 4 is 0 Å². The quantitative estimate of drug-likeness (QED) is 0.804. The van der Waals surface area contributed by atoms with Crippen LogP contribution in [0.2, 0.25) is 0 Å². The highest BCUT2D eigenvalue weighted by Crippen LogP contribution is 2.38. The SMILES string of the molecule is CC(OC1CC(C)(C)CCC1O)C(F)(F)F. The van der Waals surface area contributed by atoms with E-state index in [4.69, 9.17) is 4.74 Å². The van der Waals surface area contributed by atoms with Crippen molar-refractivity contribution in [2.75, 3.05) is 0 Å². The molecule has 1 saturated carbocycles. The topological polar surface area (TPSA) is 29.5 Å². The van der Waals surface area contributed by atoms with Gasteiger partial charge in [-0.15, -0.1) is 0 Å². The summed E-state index contributed by atoms with van der Waals surface area (Å²) in [5.74, 6) is 0. The van der Waals surface area contributed by atoms with Crippen molar-refractivity contribution in [2.45, 2.75) is 64.5 Å². The Bertz CT molecular complexity index is 238. The van der Waals surface area contributed by atoms with Crippen molar-refractivity contribution in [2.24, 2.45) is 5.41 Å². The highest BCUT2D eigenvalue weighted by molar-refractivity contribution is 4.86. The third-order valence-electron chi connectivity index (χ3n) is 3.14. The zero-order valence-corrected chi connectivity index (χ0v) is 9.84. The number of halogens is 3. The number of hydrogen-bond donors (Lipinski definition) is 1. The molecule has 0 radical (unpaired) electrons. The Morgan fingerprint density at radius 3 is 2.44 bits per heavy atom. The van der Waals surface area contributed by atoms with Crippen LogP contribution in [0.15, 0.2) is 0 Å². The Morgan fingerprint density at radius 2 is 1.94 bits per heavy atom. The third kappa shape index (κ3) is 3.63. The largest absolute Gasteiger partial charge is 0.414 e. The van der Waals surface area contributed by atoms with E-state index >= 15 is 0 Å². The third-order valence-corrected chi connectivity index (χ3v) is 3.14. The first kappa shape index (κ1) is 13.8. The summed E-state index contributed by atoms with van der Waals surface area (Å²) in [6, 6.07) is 0. The normalized spacial score (nSPS) is 32.4. The lowest BCUT2D eigenvalue weighted by Crippen LogP contribution is -2.43. The van der Waals surface area contributed by atoms with Gasteiger partial charge in [-0.3, -0.25) is 0 Å². The molecule has 1 aliphatic carbocycles. The summed E-state index contributed by atoms with van der Waals surface area (Å²) in [6.07, 6.45) is -5.88. The van der Waals surface area contributed by atoms with Crippen LogP contribution in [0.4, 0.5) is 13.2 Å². The first-order valence-corrected chi connectivity index (χ1v) is 5.52. The van der Waals surface area contributed by atoms with Crippen molar-refractivity contribution in [3.8, 4) is 0 Å². The molecule has 0 heterocycles. The molecular formula is C11H19F3O2. The molecule has 96 valence electrons. The maximum absolute atomic E-state index is 12.3. The molecule has 1 N–H and O–H groups in total. The lowest BCUT2D eigenvalue weighted by atomic mass is 9.75. The molecule has 0 aromatic heterocycles. The van der Waals surface area contributed by atoms with E-state index < -0.39 is 24.5 Å². The molecule has 5 heteroatoms. The molecule has 0 saturated heterocycles. The Labute approximate surface area is 93.8 Å². The monoisotopic (exact) mass is 240 g/mol. The highest BCUT2D eigenvalue weighted by atomic mass is 19.4. The van der Waals surface area contributed by atoms with Gasteiger partial charge >= 0.3 is 6.18 Å². The van der Waals surface area contributed by atoms with Crippen LogP contribution in [0.1, 0.15) is 40.0 Å². The summed E-state index contributed by atoms with van der Waals surface area (Å²) < 4.78 is 41.9. The second-order valence-corrected chi connectivity index (χ2v) is 5.33. The smallest absolute Gasteiger partial charge is 0.390 e. The van der Waals surface area contributed by atoms with E-state index in [1.165, 1.54) is 0 Å². The molecule has 3 unspecified atom stereocenters. The van der Waals surface area contributed by atoms with Crippen molar-refractivity contribution in [1.29, 1.82) is 0 Å². The molecule has 0 spiro atoms. The molecule has 1 aliphatic rings. The minimum absolute atomic E-state index is 0.0603. The van der Waals surface area contributed by atoms with Crippen LogP contribution >= 0.6 is 0 Å². The second kappa shape index (κ2) is 4.53. The first-order chi connectivity index (χ1) is 7.12. The van der Waals surface area contributed by atoms with Crippen LogP contribution in [0.3, 0.4) is 0 Å². The molecule has 0 bridgehead atoms. The Morgan fingerprint density at radius 1 is 1.38 bits per heavy atom. The Kier molecular flexibility index (Phi) is 3.90. The van der Waals surface area contributed by atoms with Crippen molar-refractivity contribution in [1.82, 2.24) is 0 Å². The van der Waals surface area contributed by atoms with Crippen LogP contribution in [0.5, 0.6) is 0 Å². The lowest BCUT2D eigenvalue weighted by molar-refractivity contribution is -0.243. The molecule has 0 aliphatic heterocycles. The number of alkyl halides is 3. The Hall–Kier alpha value is -0.290. The molecule has 1 rings (SSSR count). The van der Waals surface area contributed by atoms with Gasteiger partial charge in [0.2, 0.25) is 0 Å². The van der Waals surface area contributed by atoms with Crippen molar-refractivity contribution in [3.63, 3.8) is 0 Å². The molecule has 0 amide bonds. The number of aliphatic hydroxyl groups is 1. The van der Waals surface area contributed by atoms with E-state index in [1.807, 2.05) is 13.8 Å². The fourth-order valence-corrected chi connectivity index (χ4v) is 1.99. The summed E-state index contributed by atoms with van der Waals surface area (Å²) in [5, 5.41) is 9.62. The molecule has 16 heavy (non-hydrogen) atoms. The van der Waals surface area contributed by atoms with E-state index in [1.54, 1.807) is 0 Å². The van der Waals surface area contributed by atoms with Crippen LogP contribution in [-0.4, -0.2) is 29.6 Å². The molecule has 0 aromatic rings. The maximum atomic E-state index is 12.3. The van der Waals surface area contributed by atoms with E-state index in [0.29, 0.717) is 12.8 Å². The van der Waals surface area contributed by atoms with E-state index in [-0.39, 0.29) is 5.41 Å². The van der Waals surface area contributed by atoms with Gasteiger partial charge < -0.3 is 9.84 Å². The zero-order valence-electron chi connectivity index (χ0n) is 9.84. The van der Waals surface area contributed by atoms with Crippen LogP contribution < -0.4 is 0 Å². The lowest BCUT2D eigenvalue weighted by Gasteiger charge is -2.39. The fourth-order valence-electron chi connectivity index (χ4n) is 1.99. The van der Waals surface area contributed by atoms with Gasteiger partial charge in [0.05, 0.1) is 12.2 Å². The average Bonchev–Trinajstić information content (AvgIpc) is 2.09. The fraction of sp³-hybridized carbons (Fsp3) is 1.00. The maximum Gasteiger partial charge on any atom is 0.414 e. The average molecular weight is 240 g/mol. The van der Waals surface area contributed by atoms with Crippen molar-refractivity contribution in [3.05, 3.63) is 0 Å². The van der Waals surface area contributed by atoms with Crippen molar-refractivity contribution < 1.29 is 23.0 Å². The number of hydrogen-bond acceptors (Lipinski definition) is 2. The summed E-state index contributed by atoms with van der Waals surface area (Å²) >= 11 is 0. The van der Waals surface area contributed by atoms with Gasteiger partial charge in [0, 0.05) is 0 Å². The van der Waals surface area contributed by atoms with Gasteiger partial charge in [0.15, 0.2) is 6.10 Å². The minimum Gasteiger partial charge on any atom is -0.390 e. The van der Waals surface area contributed by atoms with Crippen LogP contribution in [0, 0.1) is 5.41 Å². The van der Waals surface area contributed by atoms with Gasteiger partial charge in [-0.1, -0.05) is 13.8 Å². The number of ether oxygens (including phenoxy) is 1. The summed E-state index contributed by atoms with van der Waals surface area (Å²) in [6.45, 7) is 4.94. The molecule has 2 nitrogen and oxygen atoms in total. The molecule has 0 aromatic carbocycles. The van der Waals surface area contributed by atoms with E-state index in [9.17, 15) is 18.3 Å². The van der Waals surface area contributed by atoms with Crippen LogP contribution in [0.25, 0.3) is 0 Å². The highest BCUT2D eigenvalue weighted by Gasteiger charge is 2.42. The van der Waals surface area contributed by atoms with E-state index in [0.717, 1.165) is 13.3 Å². The number of aliphatic hydroxyl groups excluding tert-OH is 1. The minimum atomic E-state index is -4.36. The molecule has 3 atom stereocenters. The first-order valence-electron chi connectivity index (χ1n) is 5.52. The number of rotatable bonds is 2. The summed E-state index contributed by atoms with van der Waals surface area (Å²) in [5.41, 5.74) is -0.0603. The molecular weight excluding hydrogens is 221 g/mol. The predicted octanol–water partition coefficient (Wildman–Crippen LogP) is 2.89. The van der Waals surface area contributed by atoms with Gasteiger partial charge in [-0.25, -0.2) is 0 Å². The van der Waals surface area contributed by atoms with Crippen LogP contribution in [-0.2, 0) is 4.74 Å². The summed E-state index contributed by atoms with van der Waals surface area (Å²) in [7, 11) is 0. The van der Waals surface area contributed by atoms with Gasteiger partial charge in [0.25, 0.3) is 0 Å². The Balaban J connectivity index is 2.58. The van der Waals surface area contributed by atoms with Gasteiger partial charge in [-0.2, -0.15) is 13.2 Å². The second-order valence-electron chi connectivity index (χ2n) is 5.33. The summed E-state index contributed by atoms with van der Waals surface area (Å²) in [4.78, 5) is 0. The van der Waals surface area contributed by atoms with Gasteiger partial charge in [-0.05, 0) is 31.6 Å².